The highest BCUT2D eigenvalue weighted by Crippen LogP contribution is 2.22. The zero-order valence-corrected chi connectivity index (χ0v) is 13.0. The topological polar surface area (TPSA) is 127 Å². The van der Waals surface area contributed by atoms with Crippen molar-refractivity contribution in [3.8, 4) is 0 Å². The van der Waals surface area contributed by atoms with Crippen LogP contribution in [0.25, 0.3) is 0 Å². The van der Waals surface area contributed by atoms with Crippen molar-refractivity contribution < 1.29 is 39.1 Å². The molecule has 1 aliphatic rings. The molecular weight excluding hydrogens is 298 g/mol. The number of hydrogen-bond donors (Lipinski definition) is 4. The molecule has 1 amide bonds. The van der Waals surface area contributed by atoms with Crippen LogP contribution in [0.2, 0.25) is 0 Å². The Kier molecular flexibility index (Phi) is 8.18. The van der Waals surface area contributed by atoms with Gasteiger partial charge in [-0.1, -0.05) is 0 Å². The molecule has 0 spiro atoms. The summed E-state index contributed by atoms with van der Waals surface area (Å²) >= 11 is 0. The molecule has 1 fully saturated rings. The standard InChI is InChI=1S/C13H25NO8/c1-7(16)14-10-12(18)11(17)9(4-15)22-13(10)21-6-8(20-3)5-19-2/h8-13,15,17-18H,4-6H2,1-3H3,(H,14,16). The summed E-state index contributed by atoms with van der Waals surface area (Å²) in [6.07, 6.45) is -5.06. The Morgan fingerprint density at radius 1 is 1.27 bits per heavy atom. The molecule has 1 heterocycles. The van der Waals surface area contributed by atoms with E-state index in [0.717, 1.165) is 0 Å². The van der Waals surface area contributed by atoms with E-state index in [9.17, 15) is 20.1 Å². The Morgan fingerprint density at radius 3 is 2.45 bits per heavy atom. The van der Waals surface area contributed by atoms with Gasteiger partial charge in [-0.25, -0.2) is 0 Å². The number of ether oxygens (including phenoxy) is 4. The quantitative estimate of drug-likeness (QED) is 0.390. The Labute approximate surface area is 129 Å². The van der Waals surface area contributed by atoms with Crippen molar-refractivity contribution in [1.82, 2.24) is 5.32 Å². The minimum atomic E-state index is -1.33. The number of methoxy groups -OCH3 is 2. The highest BCUT2D eigenvalue weighted by molar-refractivity contribution is 5.73. The number of aliphatic hydroxyl groups excluding tert-OH is 3. The molecule has 0 radical (unpaired) electrons. The van der Waals surface area contributed by atoms with Crippen molar-refractivity contribution in [2.45, 2.75) is 43.7 Å². The lowest BCUT2D eigenvalue weighted by atomic mass is 9.97. The van der Waals surface area contributed by atoms with Crippen LogP contribution in [0.4, 0.5) is 0 Å². The van der Waals surface area contributed by atoms with Gasteiger partial charge in [0, 0.05) is 21.1 Å². The van der Waals surface area contributed by atoms with Crippen molar-refractivity contribution in [2.24, 2.45) is 0 Å². The highest BCUT2D eigenvalue weighted by atomic mass is 16.7. The van der Waals surface area contributed by atoms with Crippen LogP contribution in [0.1, 0.15) is 6.92 Å². The number of rotatable bonds is 8. The van der Waals surface area contributed by atoms with E-state index in [1.54, 1.807) is 0 Å². The van der Waals surface area contributed by atoms with Gasteiger partial charge in [-0.2, -0.15) is 0 Å². The lowest BCUT2D eigenvalue weighted by Crippen LogP contribution is -2.64. The summed E-state index contributed by atoms with van der Waals surface area (Å²) in [4.78, 5) is 11.2. The molecular formula is C13H25NO8. The molecule has 0 aromatic carbocycles. The predicted molar refractivity (Wildman–Crippen MR) is 74.0 cm³/mol. The average molecular weight is 323 g/mol. The van der Waals surface area contributed by atoms with Crippen LogP contribution in [0, 0.1) is 0 Å². The molecule has 0 aliphatic carbocycles. The minimum absolute atomic E-state index is 0.0893. The molecule has 0 bridgehead atoms. The fraction of sp³-hybridized carbons (Fsp3) is 0.923. The Hall–Kier alpha value is -0.810. The third kappa shape index (κ3) is 5.13. The van der Waals surface area contributed by atoms with Gasteiger partial charge in [-0.05, 0) is 0 Å². The lowest BCUT2D eigenvalue weighted by Gasteiger charge is -2.42. The normalized spacial score (nSPS) is 33.5. The van der Waals surface area contributed by atoms with Crippen LogP contribution in [0.3, 0.4) is 0 Å². The van der Waals surface area contributed by atoms with Gasteiger partial charge in [0.2, 0.25) is 5.91 Å². The fourth-order valence-corrected chi connectivity index (χ4v) is 2.19. The summed E-state index contributed by atoms with van der Waals surface area (Å²) in [6, 6.07) is -0.963. The van der Waals surface area contributed by atoms with Crippen LogP contribution in [-0.4, -0.2) is 92.0 Å². The van der Waals surface area contributed by atoms with E-state index < -0.39 is 43.2 Å². The van der Waals surface area contributed by atoms with Gasteiger partial charge < -0.3 is 39.6 Å². The molecule has 9 heteroatoms. The van der Waals surface area contributed by atoms with Crippen molar-refractivity contribution in [1.29, 1.82) is 0 Å². The second-order valence-corrected chi connectivity index (χ2v) is 5.08. The molecule has 22 heavy (non-hydrogen) atoms. The summed E-state index contributed by atoms with van der Waals surface area (Å²) in [7, 11) is 3.01. The fourth-order valence-electron chi connectivity index (χ4n) is 2.19. The summed E-state index contributed by atoms with van der Waals surface area (Å²) < 4.78 is 21.0. The number of amides is 1. The van der Waals surface area contributed by atoms with E-state index >= 15 is 0 Å². The van der Waals surface area contributed by atoms with Gasteiger partial charge in [-0.3, -0.25) is 4.79 Å². The van der Waals surface area contributed by atoms with E-state index in [2.05, 4.69) is 5.32 Å². The second-order valence-electron chi connectivity index (χ2n) is 5.08. The van der Waals surface area contributed by atoms with E-state index in [0.29, 0.717) is 6.61 Å². The average Bonchev–Trinajstić information content (AvgIpc) is 2.49. The molecule has 1 rings (SSSR count). The number of carbonyl (C=O) groups excluding carboxylic acids is 1. The smallest absolute Gasteiger partial charge is 0.217 e. The van der Waals surface area contributed by atoms with Gasteiger partial charge in [-0.15, -0.1) is 0 Å². The molecule has 4 N–H and O–H groups in total. The first-order chi connectivity index (χ1) is 10.4. The Balaban J connectivity index is 2.74. The zero-order chi connectivity index (χ0) is 16.7. The Bertz CT molecular complexity index is 342. The van der Waals surface area contributed by atoms with E-state index in [1.807, 2.05) is 0 Å². The summed E-state index contributed by atoms with van der Waals surface area (Å²) in [5.41, 5.74) is 0. The molecule has 9 nitrogen and oxygen atoms in total. The van der Waals surface area contributed by atoms with Gasteiger partial charge in [0.1, 0.15) is 30.5 Å². The first-order valence-electron chi connectivity index (χ1n) is 6.97. The number of carbonyl (C=O) groups is 1. The minimum Gasteiger partial charge on any atom is -0.394 e. The lowest BCUT2D eigenvalue weighted by molar-refractivity contribution is -0.275. The van der Waals surface area contributed by atoms with Crippen molar-refractivity contribution in [2.75, 3.05) is 34.0 Å². The first-order valence-corrected chi connectivity index (χ1v) is 6.97. The van der Waals surface area contributed by atoms with Crippen molar-refractivity contribution in [3.05, 3.63) is 0 Å². The van der Waals surface area contributed by atoms with Crippen LogP contribution < -0.4 is 5.32 Å². The van der Waals surface area contributed by atoms with Crippen molar-refractivity contribution in [3.63, 3.8) is 0 Å². The number of nitrogens with one attached hydrogen (secondary N) is 1. The molecule has 130 valence electrons. The molecule has 6 atom stereocenters. The van der Waals surface area contributed by atoms with Gasteiger partial charge >= 0.3 is 0 Å². The SMILES string of the molecule is COCC(COC1OC(CO)C(O)C(O)C1NC(C)=O)OC. The maximum absolute atomic E-state index is 11.2. The third-order valence-electron chi connectivity index (χ3n) is 3.38. The summed E-state index contributed by atoms with van der Waals surface area (Å²) in [5.74, 6) is -0.406. The zero-order valence-electron chi connectivity index (χ0n) is 13.0. The van der Waals surface area contributed by atoms with E-state index in [-0.39, 0.29) is 12.7 Å². The van der Waals surface area contributed by atoms with Crippen LogP contribution in [-0.2, 0) is 23.7 Å². The van der Waals surface area contributed by atoms with Crippen LogP contribution in [0.15, 0.2) is 0 Å². The molecule has 0 aromatic rings. The van der Waals surface area contributed by atoms with Crippen LogP contribution >= 0.6 is 0 Å². The first kappa shape index (κ1) is 19.2. The van der Waals surface area contributed by atoms with Gasteiger partial charge in [0.15, 0.2) is 6.29 Å². The summed E-state index contributed by atoms with van der Waals surface area (Å²) in [6.45, 7) is 1.17. The molecule has 0 saturated carbocycles. The second kappa shape index (κ2) is 9.36. The monoisotopic (exact) mass is 323 g/mol. The predicted octanol–water partition coefficient (Wildman–Crippen LogP) is -2.39. The Morgan fingerprint density at radius 2 is 1.95 bits per heavy atom. The largest absolute Gasteiger partial charge is 0.394 e. The molecule has 0 aromatic heterocycles. The molecule has 1 saturated heterocycles. The molecule has 6 unspecified atom stereocenters. The van der Waals surface area contributed by atoms with Gasteiger partial charge in [0.25, 0.3) is 0 Å². The third-order valence-corrected chi connectivity index (χ3v) is 3.38. The van der Waals surface area contributed by atoms with E-state index in [1.165, 1.54) is 21.1 Å². The van der Waals surface area contributed by atoms with Gasteiger partial charge in [0.05, 0.1) is 19.8 Å². The number of hydrogen-bond acceptors (Lipinski definition) is 8. The maximum atomic E-state index is 11.2. The summed E-state index contributed by atoms with van der Waals surface area (Å²) in [5, 5.41) is 31.6. The highest BCUT2D eigenvalue weighted by Gasteiger charge is 2.45. The molecule has 1 aliphatic heterocycles. The number of aliphatic hydroxyl groups is 3. The maximum Gasteiger partial charge on any atom is 0.217 e. The van der Waals surface area contributed by atoms with Crippen molar-refractivity contribution >= 4 is 5.91 Å². The van der Waals surface area contributed by atoms with E-state index in [4.69, 9.17) is 18.9 Å². The van der Waals surface area contributed by atoms with Crippen LogP contribution in [0.5, 0.6) is 0 Å².